The molecule has 1 rings (SSSR count). The molecule has 0 saturated carbocycles. The molecule has 0 spiro atoms. The standard InChI is InChI=1S/C12H16F3N3O/c1-7(2)5-16-10(19)6-18(3)12-9(14)4-8(13)11(15)17-12/h4,7H,5-6H2,1-3H3,(H,16,19). The SMILES string of the molecule is CC(C)CNC(=O)CN(C)c1nc(F)c(F)cc1F. The van der Waals surface area contributed by atoms with Crippen LogP contribution in [0.1, 0.15) is 13.8 Å². The molecule has 0 fully saturated rings. The Labute approximate surface area is 109 Å². The lowest BCUT2D eigenvalue weighted by atomic mass is 10.2. The van der Waals surface area contributed by atoms with Crippen LogP contribution in [0.4, 0.5) is 19.0 Å². The highest BCUT2D eigenvalue weighted by molar-refractivity contribution is 5.80. The van der Waals surface area contributed by atoms with E-state index in [4.69, 9.17) is 0 Å². The number of carbonyl (C=O) groups excluding carboxylic acids is 1. The highest BCUT2D eigenvalue weighted by Crippen LogP contribution is 2.17. The average molecular weight is 275 g/mol. The van der Waals surface area contributed by atoms with Gasteiger partial charge in [0.15, 0.2) is 17.5 Å². The zero-order chi connectivity index (χ0) is 14.6. The maximum absolute atomic E-state index is 13.4. The van der Waals surface area contributed by atoms with Crippen molar-refractivity contribution < 1.29 is 18.0 Å². The van der Waals surface area contributed by atoms with Gasteiger partial charge >= 0.3 is 0 Å². The van der Waals surface area contributed by atoms with Gasteiger partial charge in [0.25, 0.3) is 5.95 Å². The summed E-state index contributed by atoms with van der Waals surface area (Å²) in [6, 6.07) is 0.403. The Bertz CT molecular complexity index is 466. The largest absolute Gasteiger partial charge is 0.354 e. The van der Waals surface area contributed by atoms with Gasteiger partial charge in [0, 0.05) is 19.7 Å². The van der Waals surface area contributed by atoms with Crippen LogP contribution in [0.25, 0.3) is 0 Å². The molecule has 4 nitrogen and oxygen atoms in total. The number of carbonyl (C=O) groups is 1. The van der Waals surface area contributed by atoms with Crippen LogP contribution in [0.3, 0.4) is 0 Å². The summed E-state index contributed by atoms with van der Waals surface area (Å²) in [5.74, 6) is -4.24. The Kier molecular flexibility index (Phi) is 5.14. The number of nitrogens with one attached hydrogen (secondary N) is 1. The van der Waals surface area contributed by atoms with Crippen molar-refractivity contribution in [3.05, 3.63) is 23.6 Å². The van der Waals surface area contributed by atoms with E-state index < -0.39 is 23.4 Å². The van der Waals surface area contributed by atoms with E-state index in [-0.39, 0.29) is 18.4 Å². The second-order valence-electron chi connectivity index (χ2n) is 4.62. The maximum Gasteiger partial charge on any atom is 0.251 e. The molecule has 7 heteroatoms. The molecule has 0 aliphatic carbocycles. The van der Waals surface area contributed by atoms with Crippen LogP contribution in [0, 0.1) is 23.5 Å². The number of likely N-dealkylation sites (N-methyl/N-ethyl adjacent to an activating group) is 1. The fourth-order valence-electron chi connectivity index (χ4n) is 1.37. The van der Waals surface area contributed by atoms with Gasteiger partial charge in [-0.05, 0) is 5.92 Å². The first kappa shape index (κ1) is 15.3. The predicted octanol–water partition coefficient (Wildman–Crippen LogP) is 1.71. The van der Waals surface area contributed by atoms with Gasteiger partial charge in [-0.1, -0.05) is 13.8 Å². The molecule has 0 aromatic carbocycles. The highest BCUT2D eigenvalue weighted by atomic mass is 19.2. The van der Waals surface area contributed by atoms with Crippen molar-refractivity contribution in [3.63, 3.8) is 0 Å². The lowest BCUT2D eigenvalue weighted by Crippen LogP contribution is -2.37. The van der Waals surface area contributed by atoms with Crippen LogP contribution in [0.5, 0.6) is 0 Å². The van der Waals surface area contributed by atoms with Crippen molar-refractivity contribution in [1.29, 1.82) is 0 Å². The Balaban J connectivity index is 2.70. The van der Waals surface area contributed by atoms with E-state index in [2.05, 4.69) is 10.3 Å². The van der Waals surface area contributed by atoms with E-state index in [0.29, 0.717) is 12.6 Å². The monoisotopic (exact) mass is 275 g/mol. The molecule has 0 aliphatic rings. The molecule has 1 heterocycles. The lowest BCUT2D eigenvalue weighted by Gasteiger charge is -2.18. The van der Waals surface area contributed by atoms with Crippen LogP contribution in [-0.4, -0.2) is 31.0 Å². The smallest absolute Gasteiger partial charge is 0.251 e. The third-order valence-corrected chi connectivity index (χ3v) is 2.32. The molecular weight excluding hydrogens is 259 g/mol. The first-order chi connectivity index (χ1) is 8.81. The van der Waals surface area contributed by atoms with Gasteiger partial charge in [0.2, 0.25) is 5.91 Å². The molecule has 1 aromatic rings. The molecule has 1 N–H and O–H groups in total. The minimum absolute atomic E-state index is 0.193. The van der Waals surface area contributed by atoms with E-state index >= 15 is 0 Å². The normalized spacial score (nSPS) is 10.7. The van der Waals surface area contributed by atoms with Gasteiger partial charge in [-0.2, -0.15) is 9.37 Å². The average Bonchev–Trinajstić information content (AvgIpc) is 2.31. The Morgan fingerprint density at radius 3 is 2.58 bits per heavy atom. The number of anilines is 1. The van der Waals surface area contributed by atoms with Crippen molar-refractivity contribution in [2.75, 3.05) is 25.0 Å². The first-order valence-corrected chi connectivity index (χ1v) is 5.80. The van der Waals surface area contributed by atoms with E-state index in [1.807, 2.05) is 13.8 Å². The molecule has 1 amide bonds. The van der Waals surface area contributed by atoms with Crippen LogP contribution in [0.2, 0.25) is 0 Å². The number of amides is 1. The molecule has 106 valence electrons. The zero-order valence-corrected chi connectivity index (χ0v) is 11.0. The summed E-state index contributed by atoms with van der Waals surface area (Å²) in [4.78, 5) is 15.8. The Hall–Kier alpha value is -1.79. The second-order valence-corrected chi connectivity index (χ2v) is 4.62. The first-order valence-electron chi connectivity index (χ1n) is 5.80. The van der Waals surface area contributed by atoms with E-state index in [0.717, 1.165) is 4.90 Å². The number of halogens is 3. The summed E-state index contributed by atoms with van der Waals surface area (Å²) in [5.41, 5.74) is 0. The maximum atomic E-state index is 13.4. The molecule has 0 aliphatic heterocycles. The van der Waals surface area contributed by atoms with Crippen molar-refractivity contribution in [2.45, 2.75) is 13.8 Å². The number of hydrogen-bond donors (Lipinski definition) is 1. The quantitative estimate of drug-likeness (QED) is 0.832. The van der Waals surface area contributed by atoms with Gasteiger partial charge < -0.3 is 10.2 Å². The summed E-state index contributed by atoms with van der Waals surface area (Å²) >= 11 is 0. The van der Waals surface area contributed by atoms with Gasteiger partial charge in [-0.3, -0.25) is 4.79 Å². The number of hydrogen-bond acceptors (Lipinski definition) is 3. The summed E-state index contributed by atoms with van der Waals surface area (Å²) in [6.07, 6.45) is 0. The van der Waals surface area contributed by atoms with Crippen LogP contribution in [-0.2, 0) is 4.79 Å². The fraction of sp³-hybridized carbons (Fsp3) is 0.500. The number of rotatable bonds is 5. The lowest BCUT2D eigenvalue weighted by molar-refractivity contribution is -0.119. The molecule has 0 atom stereocenters. The van der Waals surface area contributed by atoms with E-state index in [1.54, 1.807) is 0 Å². The van der Waals surface area contributed by atoms with Crippen LogP contribution in [0.15, 0.2) is 6.07 Å². The molecule has 19 heavy (non-hydrogen) atoms. The summed E-state index contributed by atoms with van der Waals surface area (Å²) in [6.45, 7) is 4.16. The minimum Gasteiger partial charge on any atom is -0.354 e. The summed E-state index contributed by atoms with van der Waals surface area (Å²) in [5, 5.41) is 2.63. The molecule has 0 saturated heterocycles. The van der Waals surface area contributed by atoms with Crippen LogP contribution < -0.4 is 10.2 Å². The van der Waals surface area contributed by atoms with Crippen LogP contribution >= 0.6 is 0 Å². The molecule has 0 bridgehead atoms. The third-order valence-electron chi connectivity index (χ3n) is 2.32. The second kappa shape index (κ2) is 6.40. The van der Waals surface area contributed by atoms with Gasteiger partial charge in [0.05, 0.1) is 6.54 Å². The van der Waals surface area contributed by atoms with Crippen molar-refractivity contribution >= 4 is 11.7 Å². The van der Waals surface area contributed by atoms with E-state index in [1.165, 1.54) is 7.05 Å². The molecule has 0 unspecified atom stereocenters. The van der Waals surface area contributed by atoms with E-state index in [9.17, 15) is 18.0 Å². The fourth-order valence-corrected chi connectivity index (χ4v) is 1.37. The Morgan fingerprint density at radius 1 is 1.37 bits per heavy atom. The molecule has 0 radical (unpaired) electrons. The van der Waals surface area contributed by atoms with Gasteiger partial charge in [0.1, 0.15) is 0 Å². The van der Waals surface area contributed by atoms with Crippen molar-refractivity contribution in [3.8, 4) is 0 Å². The minimum atomic E-state index is -1.40. The number of pyridine rings is 1. The topological polar surface area (TPSA) is 45.2 Å². The molecule has 1 aromatic heterocycles. The third kappa shape index (κ3) is 4.42. The number of nitrogens with zero attached hydrogens (tertiary/aromatic N) is 2. The predicted molar refractivity (Wildman–Crippen MR) is 65.2 cm³/mol. The van der Waals surface area contributed by atoms with Gasteiger partial charge in [-0.25, -0.2) is 8.78 Å². The van der Waals surface area contributed by atoms with Gasteiger partial charge in [-0.15, -0.1) is 0 Å². The zero-order valence-electron chi connectivity index (χ0n) is 11.0. The van der Waals surface area contributed by atoms with Crippen molar-refractivity contribution in [1.82, 2.24) is 10.3 Å². The summed E-state index contributed by atoms with van der Waals surface area (Å²) in [7, 11) is 1.37. The highest BCUT2D eigenvalue weighted by Gasteiger charge is 2.17. The Morgan fingerprint density at radius 2 is 2.00 bits per heavy atom. The number of aromatic nitrogens is 1. The molecular formula is C12H16F3N3O. The van der Waals surface area contributed by atoms with Crippen molar-refractivity contribution in [2.24, 2.45) is 5.92 Å². The summed E-state index contributed by atoms with van der Waals surface area (Å²) < 4.78 is 39.1.